The minimum atomic E-state index is -0.573. The van der Waals surface area contributed by atoms with Gasteiger partial charge in [0.1, 0.15) is 0 Å². The zero-order chi connectivity index (χ0) is 13.9. The van der Waals surface area contributed by atoms with E-state index < -0.39 is 5.60 Å². The summed E-state index contributed by atoms with van der Waals surface area (Å²) in [6, 6.07) is 8.41. The zero-order valence-electron chi connectivity index (χ0n) is 12.0. The lowest BCUT2D eigenvalue weighted by Gasteiger charge is -2.51. The van der Waals surface area contributed by atoms with Crippen LogP contribution in [-0.2, 0) is 6.42 Å². The van der Waals surface area contributed by atoms with Crippen molar-refractivity contribution in [3.05, 3.63) is 34.3 Å². The summed E-state index contributed by atoms with van der Waals surface area (Å²) in [4.78, 5) is 0. The van der Waals surface area contributed by atoms with Crippen molar-refractivity contribution >= 4 is 15.9 Å². The maximum absolute atomic E-state index is 11.5. The first kappa shape index (κ1) is 13.6. The summed E-state index contributed by atoms with van der Waals surface area (Å²) < 4.78 is 1.10. The van der Waals surface area contributed by atoms with Crippen molar-refractivity contribution < 1.29 is 5.11 Å². The minimum absolute atomic E-state index is 0.0209. The van der Waals surface area contributed by atoms with E-state index in [-0.39, 0.29) is 10.8 Å². The summed E-state index contributed by atoms with van der Waals surface area (Å²) in [7, 11) is 0. The molecule has 3 rings (SSSR count). The van der Waals surface area contributed by atoms with Gasteiger partial charge >= 0.3 is 0 Å². The summed E-state index contributed by atoms with van der Waals surface area (Å²) in [6.07, 6.45) is 4.42. The van der Waals surface area contributed by atoms with E-state index in [0.29, 0.717) is 5.92 Å². The van der Waals surface area contributed by atoms with Gasteiger partial charge in [-0.05, 0) is 53.7 Å². The molecule has 104 valence electrons. The number of hydrogen-bond acceptors (Lipinski definition) is 1. The Balaban J connectivity index is 1.96. The van der Waals surface area contributed by atoms with Gasteiger partial charge in [-0.1, -0.05) is 48.8 Å². The van der Waals surface area contributed by atoms with E-state index in [1.807, 2.05) is 0 Å². The van der Waals surface area contributed by atoms with Gasteiger partial charge in [0, 0.05) is 10.9 Å². The van der Waals surface area contributed by atoms with Gasteiger partial charge in [-0.2, -0.15) is 0 Å². The molecule has 19 heavy (non-hydrogen) atoms. The highest BCUT2D eigenvalue weighted by molar-refractivity contribution is 9.10. The number of hydrogen-bond donors (Lipinski definition) is 1. The molecule has 2 aliphatic rings. The average molecular weight is 323 g/mol. The van der Waals surface area contributed by atoms with Gasteiger partial charge in [0.15, 0.2) is 0 Å². The van der Waals surface area contributed by atoms with E-state index in [0.717, 1.165) is 10.9 Å². The Labute approximate surface area is 124 Å². The Bertz CT molecular complexity index is 486. The first-order valence-corrected chi connectivity index (χ1v) is 8.05. The third-order valence-electron chi connectivity index (χ3n) is 6.20. The number of fused-ring (bicyclic) bond motifs is 2. The molecule has 0 spiro atoms. The summed E-state index contributed by atoms with van der Waals surface area (Å²) in [6.45, 7) is 6.82. The molecular formula is C17H23BrO. The second kappa shape index (κ2) is 4.08. The van der Waals surface area contributed by atoms with Crippen LogP contribution in [0.5, 0.6) is 0 Å². The van der Waals surface area contributed by atoms with Crippen LogP contribution in [0.2, 0.25) is 0 Å². The number of halogens is 1. The predicted molar refractivity (Wildman–Crippen MR) is 82.0 cm³/mol. The zero-order valence-corrected chi connectivity index (χ0v) is 13.6. The molecule has 0 saturated heterocycles. The molecule has 2 bridgehead atoms. The molecule has 2 heteroatoms. The first-order chi connectivity index (χ1) is 8.78. The van der Waals surface area contributed by atoms with Gasteiger partial charge in [0.2, 0.25) is 0 Å². The molecule has 2 aliphatic carbocycles. The molecule has 1 nitrogen and oxygen atoms in total. The van der Waals surface area contributed by atoms with Gasteiger partial charge in [-0.15, -0.1) is 0 Å². The van der Waals surface area contributed by atoms with Gasteiger partial charge in [-0.3, -0.25) is 0 Å². The second-order valence-corrected chi connectivity index (χ2v) is 8.30. The van der Waals surface area contributed by atoms with E-state index >= 15 is 0 Å². The molecule has 3 atom stereocenters. The molecule has 1 N–H and O–H groups in total. The summed E-state index contributed by atoms with van der Waals surface area (Å²) in [5.74, 6) is 0.679. The second-order valence-electron chi connectivity index (χ2n) is 7.39. The van der Waals surface area contributed by atoms with Crippen molar-refractivity contribution in [1.29, 1.82) is 0 Å². The molecular weight excluding hydrogens is 300 g/mol. The highest BCUT2D eigenvalue weighted by atomic mass is 79.9. The van der Waals surface area contributed by atoms with E-state index in [1.165, 1.54) is 24.8 Å². The third-order valence-corrected chi connectivity index (χ3v) is 6.73. The first-order valence-electron chi connectivity index (χ1n) is 7.25. The molecule has 0 heterocycles. The standard InChI is InChI=1S/C17H23BrO/c1-15(2)13-8-9-16(3,11-13)17(15,19)10-12-4-6-14(18)7-5-12/h4-7,13,19H,8-11H2,1-3H3. The quantitative estimate of drug-likeness (QED) is 0.845. The van der Waals surface area contributed by atoms with Crippen LogP contribution < -0.4 is 0 Å². The Morgan fingerprint density at radius 1 is 1.21 bits per heavy atom. The molecule has 2 fully saturated rings. The fourth-order valence-electron chi connectivity index (χ4n) is 4.69. The Hall–Kier alpha value is -0.340. The summed E-state index contributed by atoms with van der Waals surface area (Å²) >= 11 is 3.47. The fourth-order valence-corrected chi connectivity index (χ4v) is 4.95. The largest absolute Gasteiger partial charge is 0.388 e. The molecule has 3 unspecified atom stereocenters. The molecule has 0 aromatic heterocycles. The number of benzene rings is 1. The van der Waals surface area contributed by atoms with Crippen LogP contribution in [0.15, 0.2) is 28.7 Å². The van der Waals surface area contributed by atoms with Crippen LogP contribution in [0.1, 0.15) is 45.6 Å². The molecule has 0 amide bonds. The number of rotatable bonds is 2. The smallest absolute Gasteiger partial charge is 0.0794 e. The topological polar surface area (TPSA) is 20.2 Å². The Kier molecular flexibility index (Phi) is 2.93. The lowest BCUT2D eigenvalue weighted by molar-refractivity contribution is -0.141. The van der Waals surface area contributed by atoms with E-state index in [2.05, 4.69) is 61.0 Å². The molecule has 0 aliphatic heterocycles. The van der Waals surface area contributed by atoms with Crippen LogP contribution in [0.4, 0.5) is 0 Å². The van der Waals surface area contributed by atoms with Crippen molar-refractivity contribution in [2.45, 2.75) is 52.1 Å². The highest BCUT2D eigenvalue weighted by Gasteiger charge is 2.67. The Morgan fingerprint density at radius 2 is 1.84 bits per heavy atom. The normalized spacial score (nSPS) is 39.7. The van der Waals surface area contributed by atoms with Crippen molar-refractivity contribution in [3.63, 3.8) is 0 Å². The molecule has 2 saturated carbocycles. The van der Waals surface area contributed by atoms with E-state index in [1.54, 1.807) is 0 Å². The monoisotopic (exact) mass is 322 g/mol. The van der Waals surface area contributed by atoms with Crippen molar-refractivity contribution in [1.82, 2.24) is 0 Å². The van der Waals surface area contributed by atoms with Gasteiger partial charge < -0.3 is 5.11 Å². The molecule has 0 radical (unpaired) electrons. The average Bonchev–Trinajstić information content (AvgIpc) is 2.81. The lowest BCUT2D eigenvalue weighted by atomic mass is 9.58. The third kappa shape index (κ3) is 1.76. The van der Waals surface area contributed by atoms with Crippen LogP contribution in [0.25, 0.3) is 0 Å². The van der Waals surface area contributed by atoms with Crippen LogP contribution >= 0.6 is 15.9 Å². The Morgan fingerprint density at radius 3 is 2.37 bits per heavy atom. The number of aliphatic hydroxyl groups is 1. The van der Waals surface area contributed by atoms with E-state index in [4.69, 9.17) is 0 Å². The highest BCUT2D eigenvalue weighted by Crippen LogP contribution is 2.68. The van der Waals surface area contributed by atoms with Gasteiger partial charge in [0.25, 0.3) is 0 Å². The van der Waals surface area contributed by atoms with Crippen LogP contribution in [-0.4, -0.2) is 10.7 Å². The maximum Gasteiger partial charge on any atom is 0.0794 e. The summed E-state index contributed by atoms with van der Waals surface area (Å²) in [5.41, 5.74) is 0.783. The van der Waals surface area contributed by atoms with Gasteiger partial charge in [0.05, 0.1) is 5.60 Å². The SMILES string of the molecule is CC12CCC(C1)C(C)(C)C2(O)Cc1ccc(Br)cc1. The maximum atomic E-state index is 11.5. The van der Waals surface area contributed by atoms with Crippen LogP contribution in [0, 0.1) is 16.7 Å². The van der Waals surface area contributed by atoms with Gasteiger partial charge in [-0.25, -0.2) is 0 Å². The van der Waals surface area contributed by atoms with Crippen molar-refractivity contribution in [2.24, 2.45) is 16.7 Å². The minimum Gasteiger partial charge on any atom is -0.388 e. The van der Waals surface area contributed by atoms with E-state index in [9.17, 15) is 5.11 Å². The lowest BCUT2D eigenvalue weighted by Crippen LogP contribution is -2.55. The van der Waals surface area contributed by atoms with Crippen LogP contribution in [0.3, 0.4) is 0 Å². The predicted octanol–water partition coefficient (Wildman–Crippen LogP) is 4.57. The molecule has 1 aromatic rings. The summed E-state index contributed by atoms with van der Waals surface area (Å²) in [5, 5.41) is 11.5. The fraction of sp³-hybridized carbons (Fsp3) is 0.647. The van der Waals surface area contributed by atoms with Crippen molar-refractivity contribution in [3.8, 4) is 0 Å². The van der Waals surface area contributed by atoms with Crippen molar-refractivity contribution in [2.75, 3.05) is 0 Å². The molecule has 1 aromatic carbocycles.